The number of aromatic nitrogens is 4. The van der Waals surface area contributed by atoms with Crippen LogP contribution < -0.4 is 70.4 Å². The first kappa shape index (κ1) is 105. The summed E-state index contributed by atoms with van der Waals surface area (Å²) in [6, 6.07) is 3.25. The van der Waals surface area contributed by atoms with Crippen molar-refractivity contribution in [3.8, 4) is 0 Å². The number of Topliss-reactive ketones (excluding diaryl/α,β-unsaturated/α-hetero) is 1. The van der Waals surface area contributed by atoms with E-state index in [1.165, 1.54) is 52.5 Å². The highest BCUT2D eigenvalue weighted by molar-refractivity contribution is 8.00. The number of likely N-dealkylation sites (N-methyl/N-ethyl adjacent to an activating group) is 4. The van der Waals surface area contributed by atoms with Gasteiger partial charge in [0.05, 0.1) is 38.2 Å². The van der Waals surface area contributed by atoms with Crippen LogP contribution in [-0.2, 0) is 107 Å². The van der Waals surface area contributed by atoms with Gasteiger partial charge in [-0.2, -0.15) is 0 Å². The quantitative estimate of drug-likeness (QED) is 0.0181. The van der Waals surface area contributed by atoms with Crippen LogP contribution in [0.4, 0.5) is 0 Å². The number of aliphatic hydroxyl groups is 1. The third-order valence-electron chi connectivity index (χ3n) is 23.6. The number of nitrogens with one attached hydrogen (secondary N) is 14. The first-order valence-electron chi connectivity index (χ1n) is 44.8. The zero-order valence-electron chi connectivity index (χ0n) is 77.0. The monoisotopic (exact) mass is 1860 g/mol. The molecule has 3 aromatic heterocycles. The molecule has 21 N–H and O–H groups in total. The number of aryl methyl sites for hydroxylation is 1. The number of ketones is 1. The number of nitrogens with zero attached hydrogens (tertiary/aromatic N) is 6. The van der Waals surface area contributed by atoms with Gasteiger partial charge >= 0.3 is 0 Å². The third kappa shape index (κ3) is 30.6. The molecule has 42 heteroatoms. The molecule has 6 aromatic rings. The van der Waals surface area contributed by atoms with Gasteiger partial charge in [0.2, 0.25) is 94.5 Å². The Kier molecular flexibility index (Phi) is 40.2. The molecule has 133 heavy (non-hydrogen) atoms. The average molecular weight is 1870 g/mol. The lowest BCUT2D eigenvalue weighted by atomic mass is 9.92. The fourth-order valence-electron chi connectivity index (χ4n) is 16.3. The van der Waals surface area contributed by atoms with Gasteiger partial charge < -0.3 is 115 Å². The number of carbonyl (C=O) groups is 17. The lowest BCUT2D eigenvalue weighted by Crippen LogP contribution is -2.61. The molecule has 2 saturated heterocycles. The average Bonchev–Trinajstić information content (AvgIpc) is 1.71. The van der Waals surface area contributed by atoms with E-state index in [2.05, 4.69) is 73.1 Å². The van der Waals surface area contributed by atoms with Crippen LogP contribution in [0.2, 0.25) is 0 Å². The maximum absolute atomic E-state index is 15.7. The summed E-state index contributed by atoms with van der Waals surface area (Å²) in [5, 5.41) is 47.0. The minimum absolute atomic E-state index is 0.00108. The molecule has 2 fully saturated rings. The molecular formula is C91H129N23O18S. The smallest absolute Gasteiger partial charge is 0.246 e. The van der Waals surface area contributed by atoms with Crippen molar-refractivity contribution in [3.05, 3.63) is 126 Å². The number of unbranched alkanes of at least 4 members (excludes halogenated alkanes) is 2. The number of para-hydroxylation sites is 2. The highest BCUT2D eigenvalue weighted by Gasteiger charge is 2.44. The molecule has 3 aromatic carbocycles. The van der Waals surface area contributed by atoms with Crippen molar-refractivity contribution in [1.29, 1.82) is 5.41 Å². The standard InChI is InChI=1S/C91H129N23O18S/c1-11-13-29-72-84(126)103-64(28-20-32-97-91(94)95)81(123)109-71(80(122)100-45-76(93)118)48-133-49-77(119)102-67(36-54-23-19-22-52(5)35-54)87(129)111(8)53(6)78(120)105-69(41-75(92)117)89(131)114-33-21-31-73(114)85(127)104-65(40-58-44-96-50-101-58)82(124)106-66(34-51(3)4)86(128)110(7)46-59(116)38-55(37-56-42-98-62-26-17-15-24-60(56)62)79(121)108-70(47-115)83(125)107-68(39-57-43-99-63-27-18-16-25-61(57)63)88(130)113(10)74(30-14-12-2)90(132)112(72)9/h15-19,22-27,35,42-44,50-51,53,55,64-74,98-99,115H,11-14,20-21,28-34,36-41,45-49H2,1-10H3,(H2,92,117)(H2,93,118)(H,96,101)(H,100,122)(H,102,119)(H,103,126)(H,104,127)(H,105,120)(H,106,124)(H,107,125)(H,108,121)(H,109,123)(H4,94,95,97)/t53-,55+,64-,65-,66-,67-,68-,69-,70-,71-,72-,73-,74-/m0/s1. The molecule has 0 unspecified atom stereocenters. The van der Waals surface area contributed by atoms with Gasteiger partial charge in [-0.3, -0.25) is 86.9 Å². The molecule has 0 radical (unpaired) electrons. The normalized spacial score (nSPS) is 23.5. The summed E-state index contributed by atoms with van der Waals surface area (Å²) in [5.41, 5.74) is 21.0. The molecule has 0 aliphatic carbocycles. The van der Waals surface area contributed by atoms with Gasteiger partial charge in [0.15, 0.2) is 11.7 Å². The number of nitrogens with two attached hydrogens (primary N) is 3. The zero-order chi connectivity index (χ0) is 97.4. The van der Waals surface area contributed by atoms with Gasteiger partial charge in [0.25, 0.3) is 0 Å². The Morgan fingerprint density at radius 2 is 1.17 bits per heavy atom. The second-order valence-electron chi connectivity index (χ2n) is 34.5. The first-order chi connectivity index (χ1) is 63.3. The fourth-order valence-corrected chi connectivity index (χ4v) is 17.1. The number of hydrogen-bond acceptors (Lipinski definition) is 21. The van der Waals surface area contributed by atoms with Crippen LogP contribution in [0.5, 0.6) is 0 Å². The number of aliphatic hydroxyl groups excluding tert-OH is 1. The topological polar surface area (TPSA) is 609 Å². The summed E-state index contributed by atoms with van der Waals surface area (Å²) < 4.78 is 0. The van der Waals surface area contributed by atoms with E-state index in [4.69, 9.17) is 22.6 Å². The van der Waals surface area contributed by atoms with E-state index >= 15 is 24.0 Å². The summed E-state index contributed by atoms with van der Waals surface area (Å²) in [7, 11) is 5.31. The number of H-pyrrole nitrogens is 3. The summed E-state index contributed by atoms with van der Waals surface area (Å²) in [6.45, 7) is 7.92. The molecule has 722 valence electrons. The highest BCUT2D eigenvalue weighted by atomic mass is 32.2. The van der Waals surface area contributed by atoms with Gasteiger partial charge in [-0.05, 0) is 100.0 Å². The van der Waals surface area contributed by atoms with Crippen LogP contribution >= 0.6 is 11.8 Å². The van der Waals surface area contributed by atoms with Crippen LogP contribution in [0.1, 0.15) is 146 Å². The number of carbonyl (C=O) groups excluding carboxylic acids is 17. The van der Waals surface area contributed by atoms with Crippen molar-refractivity contribution < 1.29 is 86.6 Å². The fraction of sp³-hybridized carbons (Fsp3) is 0.527. The van der Waals surface area contributed by atoms with Crippen molar-refractivity contribution in [2.45, 2.75) is 223 Å². The van der Waals surface area contributed by atoms with Gasteiger partial charge in [-0.15, -0.1) is 11.8 Å². The second kappa shape index (κ2) is 50.9. The number of thioether (sulfide) groups is 1. The van der Waals surface area contributed by atoms with Crippen LogP contribution in [-0.4, -0.2) is 301 Å². The Hall–Kier alpha value is -13.3. The van der Waals surface area contributed by atoms with E-state index in [-0.39, 0.29) is 89.6 Å². The van der Waals surface area contributed by atoms with Gasteiger partial charge in [0, 0.05) is 125 Å². The van der Waals surface area contributed by atoms with Crippen molar-refractivity contribution in [2.75, 3.05) is 72.5 Å². The highest BCUT2D eigenvalue weighted by Crippen LogP contribution is 2.28. The maximum atomic E-state index is 15.7. The zero-order valence-corrected chi connectivity index (χ0v) is 77.8. The minimum Gasteiger partial charge on any atom is -0.394 e. The molecule has 0 spiro atoms. The lowest BCUT2D eigenvalue weighted by Gasteiger charge is -2.36. The number of fused-ring (bicyclic) bond motifs is 3. The number of amides is 16. The molecule has 16 amide bonds. The maximum Gasteiger partial charge on any atom is 0.246 e. The van der Waals surface area contributed by atoms with Gasteiger partial charge in [0.1, 0.15) is 72.5 Å². The number of primary amides is 2. The first-order valence-corrected chi connectivity index (χ1v) is 46.0. The summed E-state index contributed by atoms with van der Waals surface area (Å²) in [6.07, 6.45) is 5.70. The number of hydrogen-bond donors (Lipinski definition) is 18. The van der Waals surface area contributed by atoms with Gasteiger partial charge in [-0.1, -0.05) is 120 Å². The van der Waals surface area contributed by atoms with Crippen molar-refractivity contribution >= 4 is 140 Å². The van der Waals surface area contributed by atoms with Crippen LogP contribution in [0.25, 0.3) is 21.8 Å². The predicted octanol–water partition coefficient (Wildman–Crippen LogP) is -0.739. The largest absolute Gasteiger partial charge is 0.394 e. The van der Waals surface area contributed by atoms with Gasteiger partial charge in [-0.25, -0.2) is 4.98 Å². The Labute approximate surface area is 776 Å². The summed E-state index contributed by atoms with van der Waals surface area (Å²) in [5.74, 6) is -17.9. The van der Waals surface area contributed by atoms with Crippen LogP contribution in [0.15, 0.2) is 97.7 Å². The van der Waals surface area contributed by atoms with Crippen molar-refractivity contribution in [2.24, 2.45) is 29.0 Å². The molecular weight excluding hydrogens is 1740 g/mol. The number of rotatable bonds is 26. The minimum atomic E-state index is -1.81. The SMILES string of the molecule is CCCC[C@H]1C(=O)N(C)[C@@H](CCCC)C(=O)N[C@@H](CCCNC(=N)N)C(=O)N[C@H](C(=O)NCC(N)=O)CSCC(=O)N[C@@H](Cc2cccc(C)c2)C(=O)N(C)[C@@H](C)C(=O)N[C@@H](CC(N)=O)C(=O)N2CCC[C@H]2C(=O)N[C@@H](Cc2cnc[nH]2)C(=O)N[C@@H](CC(C)C)C(=O)N(C)CC(=O)C[C@@H](Cc2c[nH]c3ccccc23)C(=O)N[C@@H](CO)C(=O)N[C@@H](Cc2c[nH]c3ccccc23)C(=O)N1C. The molecule has 2 aliphatic rings. The Bertz CT molecular complexity index is 5120. The van der Waals surface area contributed by atoms with Crippen LogP contribution in [0, 0.1) is 24.2 Å². The predicted molar refractivity (Wildman–Crippen MR) is 496 cm³/mol. The molecule has 41 nitrogen and oxygen atoms in total. The molecule has 5 heterocycles. The second-order valence-corrected chi connectivity index (χ2v) is 35.5. The van der Waals surface area contributed by atoms with E-state index in [9.17, 15) is 62.6 Å². The number of benzene rings is 3. The molecule has 0 saturated carbocycles. The summed E-state index contributed by atoms with van der Waals surface area (Å²) in [4.78, 5) is 268. The molecule has 0 bridgehead atoms. The third-order valence-corrected chi connectivity index (χ3v) is 24.7. The van der Waals surface area contributed by atoms with Crippen molar-refractivity contribution in [3.63, 3.8) is 0 Å². The van der Waals surface area contributed by atoms with E-state index in [1.54, 1.807) is 106 Å². The molecule has 8 rings (SSSR count). The van der Waals surface area contributed by atoms with Crippen LogP contribution in [0.3, 0.4) is 0 Å². The Balaban J connectivity index is 1.18. The number of imidazole rings is 1. The molecule has 2 aliphatic heterocycles. The lowest BCUT2D eigenvalue weighted by molar-refractivity contribution is -0.149. The number of guanidine groups is 1. The Morgan fingerprint density at radius 1 is 0.579 bits per heavy atom. The van der Waals surface area contributed by atoms with E-state index in [1.807, 2.05) is 13.8 Å². The van der Waals surface area contributed by atoms with Crippen molar-refractivity contribution in [1.82, 2.24) is 97.6 Å². The van der Waals surface area contributed by atoms with E-state index < -0.39 is 229 Å². The molecule has 13 atom stereocenters. The van der Waals surface area contributed by atoms with E-state index in [0.717, 1.165) is 36.9 Å². The Morgan fingerprint density at radius 3 is 1.78 bits per heavy atom. The summed E-state index contributed by atoms with van der Waals surface area (Å²) >= 11 is 0.800. The number of aromatic amines is 3. The van der Waals surface area contributed by atoms with E-state index in [0.29, 0.717) is 69.9 Å².